The smallest absolute Gasteiger partial charge is 0.155 e. The normalized spacial score (nSPS) is 10.3. The summed E-state index contributed by atoms with van der Waals surface area (Å²) in [5.41, 5.74) is 9.83. The highest BCUT2D eigenvalue weighted by Crippen LogP contribution is 2.16. The van der Waals surface area contributed by atoms with Crippen LogP contribution in [-0.4, -0.2) is 113 Å². The van der Waals surface area contributed by atoms with Crippen LogP contribution in [0.2, 0.25) is 0 Å². The Bertz CT molecular complexity index is 4830. The molecule has 0 atom stereocenters. The molecule has 17 aromatic heterocycles. The summed E-state index contributed by atoms with van der Waals surface area (Å²) in [5.74, 6) is 0. The molecule has 0 fully saturated rings. The number of H-pyrrole nitrogens is 2. The van der Waals surface area contributed by atoms with Gasteiger partial charge in [0, 0.05) is 184 Å². The van der Waals surface area contributed by atoms with E-state index in [1.165, 1.54) is 36.9 Å². The number of thiazole rings is 2. The SMILES string of the molecule is C1=CCN=C1.C1=CN=CC1.C1=c2ccccc2=CC1.c1ccc2[nH]ccc2c1.c1ccc2[nH]ccc2c1.c1ccc2scnc2c1.c1ccncc1.c1ccncc1.c1ccnnc1.c1ccoc1.c1ccoc1.c1ccsc1.c1cn2ccnc2cn1.c1cnc2ccnn2c1.c1cnccn1.c1cnn2ccnc2c1.c1cscn1. The number of aliphatic imine (C=N–C) groups is 2. The number of nitrogens with zero attached hydrogens (tertiary/aromatic N) is 19. The Hall–Kier alpha value is -15.4. The number of hydrogen-bond donors (Lipinski definition) is 2. The highest BCUT2D eigenvalue weighted by atomic mass is 32.1. The van der Waals surface area contributed by atoms with Gasteiger partial charge in [-0.2, -0.15) is 31.7 Å². The summed E-state index contributed by atoms with van der Waals surface area (Å²) in [6, 6.07) is 71.1. The van der Waals surface area contributed by atoms with Crippen molar-refractivity contribution in [3.8, 4) is 0 Å². The molecule has 0 amide bonds. The van der Waals surface area contributed by atoms with Crippen molar-refractivity contribution in [1.82, 2.24) is 93.6 Å². The van der Waals surface area contributed by atoms with E-state index in [1.54, 1.807) is 198 Å². The van der Waals surface area contributed by atoms with Gasteiger partial charge in [-0.05, 0) is 160 Å². The largest absolute Gasteiger partial charge is 0.473 e. The molecule has 1 aliphatic carbocycles. The van der Waals surface area contributed by atoms with Crippen LogP contribution < -0.4 is 10.4 Å². The summed E-state index contributed by atoms with van der Waals surface area (Å²) in [7, 11) is 0. The first-order valence-electron chi connectivity index (χ1n) is 36.2. The van der Waals surface area contributed by atoms with Crippen molar-refractivity contribution in [2.45, 2.75) is 12.8 Å². The van der Waals surface area contributed by atoms with Crippen LogP contribution in [0.25, 0.3) is 61.1 Å². The summed E-state index contributed by atoms with van der Waals surface area (Å²) in [5, 5.41) is 26.4. The third kappa shape index (κ3) is 39.4. The monoisotopic (exact) mass is 1600 g/mol. The van der Waals surface area contributed by atoms with Gasteiger partial charge in [0.1, 0.15) is 0 Å². The number of nitrogens with one attached hydrogen (secondary N) is 2. The first-order valence-corrected chi connectivity index (χ1v) is 39.0. The fraction of sp³-hybridized carbons (Fsp3) is 0.0330. The Kier molecular flexibility index (Phi) is 44.3. The number of furan rings is 2. The molecule has 19 heterocycles. The van der Waals surface area contributed by atoms with Crippen molar-refractivity contribution in [2.24, 2.45) is 9.98 Å². The summed E-state index contributed by atoms with van der Waals surface area (Å²) in [4.78, 5) is 52.7. The number of benzene rings is 4. The van der Waals surface area contributed by atoms with Crippen molar-refractivity contribution in [2.75, 3.05) is 6.54 Å². The number of allylic oxidation sites excluding steroid dienone is 2. The highest BCUT2D eigenvalue weighted by molar-refractivity contribution is 7.16. The van der Waals surface area contributed by atoms with E-state index in [0.717, 1.165) is 41.8 Å². The Morgan fingerprint density at radius 3 is 1.39 bits per heavy atom. The van der Waals surface area contributed by atoms with Gasteiger partial charge in [0.05, 0.1) is 65.2 Å². The summed E-state index contributed by atoms with van der Waals surface area (Å²) in [6.07, 6.45) is 66.6. The zero-order valence-corrected chi connectivity index (χ0v) is 66.1. The Morgan fingerprint density at radius 1 is 0.368 bits per heavy atom. The predicted molar refractivity (Wildman–Crippen MR) is 476 cm³/mol. The Balaban J connectivity index is 0.000000156. The van der Waals surface area contributed by atoms with Gasteiger partial charge in [-0.3, -0.25) is 39.9 Å². The minimum atomic E-state index is 0.887. The summed E-state index contributed by atoms with van der Waals surface area (Å²) < 4.78 is 15.8. The summed E-state index contributed by atoms with van der Waals surface area (Å²) >= 11 is 4.99. The molecule has 0 saturated heterocycles. The molecular weight excluding hydrogens is 1520 g/mol. The molecule has 0 bridgehead atoms. The molecule has 584 valence electrons. The molecule has 117 heavy (non-hydrogen) atoms. The van der Waals surface area contributed by atoms with Crippen LogP contribution in [-0.2, 0) is 0 Å². The number of fused-ring (bicyclic) bond motifs is 7. The van der Waals surface area contributed by atoms with Gasteiger partial charge in [-0.1, -0.05) is 121 Å². The van der Waals surface area contributed by atoms with Gasteiger partial charge in [0.2, 0.25) is 0 Å². The molecule has 2 aliphatic heterocycles. The molecule has 3 aliphatic rings. The Morgan fingerprint density at radius 2 is 0.940 bits per heavy atom. The maximum Gasteiger partial charge on any atom is 0.155 e. The first kappa shape index (κ1) is 87.2. The number of thiophene rings is 1. The van der Waals surface area contributed by atoms with Crippen LogP contribution in [0, 0.1) is 0 Å². The van der Waals surface area contributed by atoms with Crippen LogP contribution >= 0.6 is 34.0 Å². The van der Waals surface area contributed by atoms with E-state index in [4.69, 9.17) is 0 Å². The number of rotatable bonds is 0. The van der Waals surface area contributed by atoms with Crippen LogP contribution in [0.15, 0.2) is 463 Å². The molecule has 0 radical (unpaired) electrons. The zero-order chi connectivity index (χ0) is 80.9. The second kappa shape index (κ2) is 59.4. The van der Waals surface area contributed by atoms with Crippen molar-refractivity contribution in [3.63, 3.8) is 0 Å². The topological polar surface area (TPSA) is 276 Å². The van der Waals surface area contributed by atoms with Crippen LogP contribution in [0.1, 0.15) is 12.8 Å². The standard InChI is InChI=1S/C9H8.2C8H7N.C7H5NS.3C6H5N3.2C5H5N.2C4H4N2.2C4H5N.2C4H4O.C4H4S.C3H3NS/c1-2-5-9-7-3-6-8(9)4-1;2*1-2-4-8-7(3-1)5-6-9-8;1-2-4-7-6(3-1)8-5-9-7;1-3-9-4-2-8-6(9)5-7-1;1-3-7-6-2-4-8-9(6)5-1;1-2-6-7-4-5-9(6)8-3-1;2*1-2-4-6-5-3-1;1-2-6-4-3-5-1;1-2-4-6-5-3-1;5*1-2-4-5-3-1;1-2-5-3-4-1/h1-2,4-7H,3H2;2*1-6,9H;4*1-5H;2*1-5H;2*1-4H;1,3-4H,2H2;1-3H,4H2;3*1-4H;1-3H. The highest BCUT2D eigenvalue weighted by Gasteiger charge is 1.93. The van der Waals surface area contributed by atoms with Crippen molar-refractivity contribution in [3.05, 3.63) is 454 Å². The lowest BCUT2D eigenvalue weighted by molar-refractivity contribution is 0.567. The van der Waals surface area contributed by atoms with E-state index in [-0.39, 0.29) is 0 Å². The second-order valence-corrected chi connectivity index (χ2v) is 24.8. The van der Waals surface area contributed by atoms with Gasteiger partial charge >= 0.3 is 0 Å². The molecule has 2 N–H and O–H groups in total. The molecular formula is C91H85N21O2S3. The number of hydrogen-bond acceptors (Lipinski definition) is 21. The number of aromatic amines is 2. The average molecular weight is 1600 g/mol. The lowest BCUT2D eigenvalue weighted by atomic mass is 10.3. The minimum Gasteiger partial charge on any atom is -0.473 e. The quantitative estimate of drug-likeness (QED) is 0.143. The number of aromatic nitrogens is 19. The minimum absolute atomic E-state index is 0.887. The van der Waals surface area contributed by atoms with E-state index < -0.39 is 0 Å². The number of para-hydroxylation sites is 3. The molecule has 0 saturated carbocycles. The maximum absolute atomic E-state index is 4.58. The number of pyridine rings is 2. The molecule has 4 aromatic carbocycles. The lowest BCUT2D eigenvalue weighted by Gasteiger charge is -1.86. The van der Waals surface area contributed by atoms with Crippen molar-refractivity contribution in [1.29, 1.82) is 0 Å². The first-order chi connectivity index (χ1) is 58.3. The van der Waals surface area contributed by atoms with Gasteiger partial charge in [-0.15, -0.1) is 22.7 Å². The van der Waals surface area contributed by atoms with Gasteiger partial charge < -0.3 is 23.2 Å². The van der Waals surface area contributed by atoms with Crippen molar-refractivity contribution < 1.29 is 8.83 Å². The zero-order valence-electron chi connectivity index (χ0n) is 63.6. The summed E-state index contributed by atoms with van der Waals surface area (Å²) in [6.45, 7) is 0.889. The van der Waals surface area contributed by atoms with Gasteiger partial charge in [-0.25, -0.2) is 29.0 Å². The molecule has 24 rings (SSSR count). The fourth-order valence-corrected chi connectivity index (χ4v) is 10.4. The van der Waals surface area contributed by atoms with E-state index in [0.29, 0.717) is 0 Å². The maximum atomic E-state index is 4.58. The van der Waals surface area contributed by atoms with Crippen LogP contribution in [0.3, 0.4) is 0 Å². The average Bonchev–Trinajstić information content (AvgIpc) is 1.80. The molecule has 0 spiro atoms. The molecule has 26 heteroatoms. The van der Waals surface area contributed by atoms with Gasteiger partial charge in [0.25, 0.3) is 0 Å². The molecule has 0 unspecified atom stereocenters. The lowest BCUT2D eigenvalue weighted by Crippen LogP contribution is -2.19. The van der Waals surface area contributed by atoms with Gasteiger partial charge in [0.15, 0.2) is 16.9 Å². The fourth-order valence-electron chi connectivity index (χ4n) is 8.88. The molecule has 23 nitrogen and oxygen atoms in total. The van der Waals surface area contributed by atoms with E-state index in [2.05, 4.69) is 178 Å². The number of imidazole rings is 2. The Labute approximate surface area is 689 Å². The van der Waals surface area contributed by atoms with Crippen LogP contribution in [0.4, 0.5) is 0 Å². The van der Waals surface area contributed by atoms with E-state index in [9.17, 15) is 0 Å². The second-order valence-electron chi connectivity index (χ2n) is 22.3. The third-order valence-electron chi connectivity index (χ3n) is 14.2. The van der Waals surface area contributed by atoms with Crippen LogP contribution in [0.5, 0.6) is 0 Å². The van der Waals surface area contributed by atoms with E-state index in [1.807, 2.05) is 239 Å². The van der Waals surface area contributed by atoms with E-state index >= 15 is 0 Å². The third-order valence-corrected chi connectivity index (χ3v) is 16.1. The van der Waals surface area contributed by atoms with Crippen molar-refractivity contribution >= 4 is 108 Å². The molecule has 21 aromatic rings. The predicted octanol–water partition coefficient (Wildman–Crippen LogP) is 19.6.